The summed E-state index contributed by atoms with van der Waals surface area (Å²) in [7, 11) is 0. The topological polar surface area (TPSA) is 55.6 Å². The molecule has 0 unspecified atom stereocenters. The SMILES string of the molecule is CCN(C(=O)C1(N)CCOCC1)c1ccccc1C. The number of anilines is 1. The lowest BCUT2D eigenvalue weighted by Gasteiger charge is -2.36. The molecule has 0 bridgehead atoms. The van der Waals surface area contributed by atoms with E-state index < -0.39 is 5.54 Å². The number of benzene rings is 1. The van der Waals surface area contributed by atoms with Crippen molar-refractivity contribution in [3.8, 4) is 0 Å². The van der Waals surface area contributed by atoms with Gasteiger partial charge in [-0.15, -0.1) is 0 Å². The van der Waals surface area contributed by atoms with Crippen LogP contribution in [0, 0.1) is 6.92 Å². The first-order valence-electron chi connectivity index (χ1n) is 6.83. The molecule has 0 atom stereocenters. The van der Waals surface area contributed by atoms with Crippen LogP contribution < -0.4 is 10.6 Å². The number of carbonyl (C=O) groups is 1. The van der Waals surface area contributed by atoms with E-state index in [2.05, 4.69) is 0 Å². The van der Waals surface area contributed by atoms with Crippen molar-refractivity contribution in [1.29, 1.82) is 0 Å². The fourth-order valence-corrected chi connectivity index (χ4v) is 2.51. The molecule has 0 aliphatic carbocycles. The zero-order valence-electron chi connectivity index (χ0n) is 11.7. The Bertz CT molecular complexity index is 453. The van der Waals surface area contributed by atoms with E-state index in [-0.39, 0.29) is 5.91 Å². The summed E-state index contributed by atoms with van der Waals surface area (Å²) in [6.07, 6.45) is 1.18. The predicted octanol–water partition coefficient (Wildman–Crippen LogP) is 1.86. The number of nitrogens with zero attached hydrogens (tertiary/aromatic N) is 1. The summed E-state index contributed by atoms with van der Waals surface area (Å²) in [6.45, 7) is 5.75. The van der Waals surface area contributed by atoms with Crippen LogP contribution >= 0.6 is 0 Å². The standard InChI is InChI=1S/C15H22N2O2/c1-3-17(13-7-5-4-6-12(13)2)14(18)15(16)8-10-19-11-9-15/h4-7H,3,8-11,16H2,1-2H3. The van der Waals surface area contributed by atoms with Crippen LogP contribution in [-0.2, 0) is 9.53 Å². The molecule has 1 aliphatic rings. The molecular formula is C15H22N2O2. The van der Waals surface area contributed by atoms with Crippen LogP contribution in [0.4, 0.5) is 5.69 Å². The van der Waals surface area contributed by atoms with E-state index in [1.807, 2.05) is 38.1 Å². The van der Waals surface area contributed by atoms with Crippen molar-refractivity contribution >= 4 is 11.6 Å². The van der Waals surface area contributed by atoms with E-state index in [1.165, 1.54) is 0 Å². The largest absolute Gasteiger partial charge is 0.381 e. The van der Waals surface area contributed by atoms with Gasteiger partial charge in [0.15, 0.2) is 0 Å². The predicted molar refractivity (Wildman–Crippen MR) is 76.2 cm³/mol. The van der Waals surface area contributed by atoms with Gasteiger partial charge in [-0.1, -0.05) is 18.2 Å². The van der Waals surface area contributed by atoms with Crippen molar-refractivity contribution in [1.82, 2.24) is 0 Å². The average Bonchev–Trinajstić information content (AvgIpc) is 2.42. The highest BCUT2D eigenvalue weighted by atomic mass is 16.5. The molecule has 0 saturated carbocycles. The van der Waals surface area contributed by atoms with Crippen LogP contribution in [0.25, 0.3) is 0 Å². The summed E-state index contributed by atoms with van der Waals surface area (Å²) >= 11 is 0. The number of para-hydroxylation sites is 1. The second kappa shape index (κ2) is 5.72. The molecule has 1 heterocycles. The van der Waals surface area contributed by atoms with Gasteiger partial charge in [0.1, 0.15) is 5.54 Å². The third-order valence-corrected chi connectivity index (χ3v) is 3.78. The van der Waals surface area contributed by atoms with Crippen LogP contribution in [0.15, 0.2) is 24.3 Å². The molecule has 1 amide bonds. The molecular weight excluding hydrogens is 240 g/mol. The molecule has 4 heteroatoms. The third-order valence-electron chi connectivity index (χ3n) is 3.78. The van der Waals surface area contributed by atoms with Gasteiger partial charge in [-0.25, -0.2) is 0 Å². The van der Waals surface area contributed by atoms with E-state index in [0.29, 0.717) is 32.6 Å². The summed E-state index contributed by atoms with van der Waals surface area (Å²) in [5, 5.41) is 0. The molecule has 1 saturated heterocycles. The van der Waals surface area contributed by atoms with Crippen LogP contribution in [0.3, 0.4) is 0 Å². The summed E-state index contributed by atoms with van der Waals surface area (Å²) in [6, 6.07) is 7.91. The van der Waals surface area contributed by atoms with Gasteiger partial charge in [0, 0.05) is 25.4 Å². The Balaban J connectivity index is 2.27. The Morgan fingerprint density at radius 3 is 2.58 bits per heavy atom. The van der Waals surface area contributed by atoms with Crippen LogP contribution in [0.1, 0.15) is 25.3 Å². The summed E-state index contributed by atoms with van der Waals surface area (Å²) in [5.41, 5.74) is 7.56. The van der Waals surface area contributed by atoms with Gasteiger partial charge in [-0.2, -0.15) is 0 Å². The van der Waals surface area contributed by atoms with Crippen LogP contribution in [0.5, 0.6) is 0 Å². The monoisotopic (exact) mass is 262 g/mol. The van der Waals surface area contributed by atoms with Gasteiger partial charge in [0.25, 0.3) is 0 Å². The van der Waals surface area contributed by atoms with Crippen molar-refractivity contribution < 1.29 is 9.53 Å². The average molecular weight is 262 g/mol. The van der Waals surface area contributed by atoms with Crippen molar-refractivity contribution in [2.75, 3.05) is 24.7 Å². The van der Waals surface area contributed by atoms with Crippen molar-refractivity contribution in [2.45, 2.75) is 32.2 Å². The molecule has 1 fully saturated rings. The van der Waals surface area contributed by atoms with E-state index in [0.717, 1.165) is 11.3 Å². The maximum Gasteiger partial charge on any atom is 0.247 e. The number of carbonyl (C=O) groups excluding carboxylic acids is 1. The maximum atomic E-state index is 12.7. The Hall–Kier alpha value is -1.39. The molecule has 1 aromatic carbocycles. The molecule has 4 nitrogen and oxygen atoms in total. The van der Waals surface area contributed by atoms with E-state index in [9.17, 15) is 4.79 Å². The second-order valence-electron chi connectivity index (χ2n) is 5.10. The van der Waals surface area contributed by atoms with Crippen molar-refractivity contribution in [3.63, 3.8) is 0 Å². The van der Waals surface area contributed by atoms with Gasteiger partial charge < -0.3 is 15.4 Å². The number of amides is 1. The van der Waals surface area contributed by atoms with Gasteiger partial charge in [-0.05, 0) is 38.3 Å². The molecule has 19 heavy (non-hydrogen) atoms. The molecule has 2 N–H and O–H groups in total. The number of hydrogen-bond acceptors (Lipinski definition) is 3. The summed E-state index contributed by atoms with van der Waals surface area (Å²) in [5.74, 6) is 0.00704. The highest BCUT2D eigenvalue weighted by Gasteiger charge is 2.39. The number of rotatable bonds is 3. The molecule has 0 aromatic heterocycles. The van der Waals surface area contributed by atoms with Crippen molar-refractivity contribution in [2.24, 2.45) is 5.73 Å². The number of nitrogens with two attached hydrogens (primary N) is 1. The third kappa shape index (κ3) is 2.80. The minimum atomic E-state index is -0.781. The van der Waals surface area contributed by atoms with Crippen molar-refractivity contribution in [3.05, 3.63) is 29.8 Å². The molecule has 104 valence electrons. The number of likely N-dealkylation sites (N-methyl/N-ethyl adjacent to an activating group) is 1. The summed E-state index contributed by atoms with van der Waals surface area (Å²) in [4.78, 5) is 14.5. The van der Waals surface area contributed by atoms with Gasteiger partial charge in [-0.3, -0.25) is 4.79 Å². The zero-order chi connectivity index (χ0) is 13.9. The normalized spacial score (nSPS) is 18.1. The van der Waals surface area contributed by atoms with Gasteiger partial charge in [0.05, 0.1) is 0 Å². The number of aryl methyl sites for hydroxylation is 1. The van der Waals surface area contributed by atoms with Gasteiger partial charge in [0.2, 0.25) is 5.91 Å². The minimum Gasteiger partial charge on any atom is -0.381 e. The Morgan fingerprint density at radius 2 is 2.00 bits per heavy atom. The minimum absolute atomic E-state index is 0.00704. The highest BCUT2D eigenvalue weighted by Crippen LogP contribution is 2.26. The highest BCUT2D eigenvalue weighted by molar-refractivity contribution is 6.00. The van der Waals surface area contributed by atoms with E-state index in [4.69, 9.17) is 10.5 Å². The summed E-state index contributed by atoms with van der Waals surface area (Å²) < 4.78 is 5.31. The number of ether oxygens (including phenoxy) is 1. The lowest BCUT2D eigenvalue weighted by Crippen LogP contribution is -2.58. The molecule has 1 aromatic rings. The lowest BCUT2D eigenvalue weighted by atomic mass is 9.89. The fourth-order valence-electron chi connectivity index (χ4n) is 2.51. The fraction of sp³-hybridized carbons (Fsp3) is 0.533. The Kier molecular flexibility index (Phi) is 4.22. The van der Waals surface area contributed by atoms with Crippen LogP contribution in [0.2, 0.25) is 0 Å². The number of hydrogen-bond donors (Lipinski definition) is 1. The van der Waals surface area contributed by atoms with E-state index >= 15 is 0 Å². The van der Waals surface area contributed by atoms with Gasteiger partial charge >= 0.3 is 0 Å². The first-order chi connectivity index (χ1) is 9.08. The molecule has 1 aliphatic heterocycles. The second-order valence-corrected chi connectivity index (χ2v) is 5.10. The quantitative estimate of drug-likeness (QED) is 0.904. The maximum absolute atomic E-state index is 12.7. The smallest absolute Gasteiger partial charge is 0.247 e. The van der Waals surface area contributed by atoms with Crippen LogP contribution in [-0.4, -0.2) is 31.2 Å². The first kappa shape index (κ1) is 14.0. The molecule has 0 spiro atoms. The van der Waals surface area contributed by atoms with E-state index in [1.54, 1.807) is 4.90 Å². The molecule has 2 rings (SSSR count). The zero-order valence-corrected chi connectivity index (χ0v) is 11.7. The lowest BCUT2D eigenvalue weighted by molar-refractivity contribution is -0.127. The Labute approximate surface area is 114 Å². The molecule has 0 radical (unpaired) electrons. The first-order valence-corrected chi connectivity index (χ1v) is 6.83. The Morgan fingerprint density at radius 1 is 1.37 bits per heavy atom.